The highest BCUT2D eigenvalue weighted by atomic mass is 35.5. The van der Waals surface area contributed by atoms with Gasteiger partial charge in [0.05, 0.1) is 24.1 Å². The van der Waals surface area contributed by atoms with E-state index in [1.165, 1.54) is 0 Å². The Bertz CT molecular complexity index is 1120. The summed E-state index contributed by atoms with van der Waals surface area (Å²) in [4.78, 5) is 6.77. The van der Waals surface area contributed by atoms with Crippen molar-refractivity contribution in [3.8, 4) is 5.75 Å². The van der Waals surface area contributed by atoms with Gasteiger partial charge in [-0.25, -0.2) is 8.42 Å². The number of hydrogen-bond donors (Lipinski definition) is 0. The quantitative estimate of drug-likeness (QED) is 0.589. The third-order valence-electron chi connectivity index (χ3n) is 5.44. The monoisotopic (exact) mass is 430 g/mol. The van der Waals surface area contributed by atoms with Crippen molar-refractivity contribution < 1.29 is 13.2 Å². The zero-order valence-corrected chi connectivity index (χ0v) is 17.8. The molecule has 7 heteroatoms. The summed E-state index contributed by atoms with van der Waals surface area (Å²) in [5.41, 5.74) is 3.02. The van der Waals surface area contributed by atoms with E-state index in [9.17, 15) is 8.42 Å². The first-order valence-electron chi connectivity index (χ1n) is 9.55. The van der Waals surface area contributed by atoms with Crippen LogP contribution in [0.4, 0.5) is 0 Å². The number of aromatic nitrogens is 1. The number of hydrogen-bond acceptors (Lipinski definition) is 5. The maximum absolute atomic E-state index is 12.1. The summed E-state index contributed by atoms with van der Waals surface area (Å²) in [6.07, 6.45) is 2.41. The summed E-state index contributed by atoms with van der Waals surface area (Å²) in [5.74, 6) is 1.25. The first kappa shape index (κ1) is 20.1. The second-order valence-electron chi connectivity index (χ2n) is 7.42. The molecule has 1 aliphatic rings. The fourth-order valence-corrected chi connectivity index (χ4v) is 5.86. The lowest BCUT2D eigenvalue weighted by Crippen LogP contribution is -2.35. The highest BCUT2D eigenvalue weighted by Gasteiger charge is 2.32. The van der Waals surface area contributed by atoms with Crippen LogP contribution in [-0.4, -0.2) is 43.0 Å². The van der Waals surface area contributed by atoms with Crippen LogP contribution in [0.3, 0.4) is 0 Å². The maximum atomic E-state index is 12.1. The molecule has 4 rings (SSSR count). The molecule has 2 heterocycles. The molecular formula is C22H23ClN2O3S. The predicted molar refractivity (Wildman–Crippen MR) is 116 cm³/mol. The molecule has 0 amide bonds. The summed E-state index contributed by atoms with van der Waals surface area (Å²) in [6.45, 7) is 1.26. The zero-order chi connectivity index (χ0) is 20.4. The third-order valence-corrected chi connectivity index (χ3v) is 7.52. The Morgan fingerprint density at radius 3 is 2.62 bits per heavy atom. The SMILES string of the molecule is COc1ccc(CN(Cc2ccc(Cl)c3cccnc23)C2CCS(=O)(=O)C2)cc1. The molecular weight excluding hydrogens is 408 g/mol. The molecule has 1 fully saturated rings. The van der Waals surface area contributed by atoms with E-state index in [4.69, 9.17) is 16.3 Å². The van der Waals surface area contributed by atoms with E-state index in [0.29, 0.717) is 24.5 Å². The minimum Gasteiger partial charge on any atom is -0.497 e. The van der Waals surface area contributed by atoms with Crippen molar-refractivity contribution in [3.05, 3.63) is 70.9 Å². The molecule has 1 aliphatic heterocycles. The summed E-state index contributed by atoms with van der Waals surface area (Å²) in [5, 5.41) is 1.58. The molecule has 0 bridgehead atoms. The number of halogens is 1. The van der Waals surface area contributed by atoms with Crippen LogP contribution in [0.1, 0.15) is 17.5 Å². The molecule has 1 aromatic heterocycles. The number of sulfone groups is 1. The van der Waals surface area contributed by atoms with E-state index >= 15 is 0 Å². The Morgan fingerprint density at radius 2 is 1.93 bits per heavy atom. The van der Waals surface area contributed by atoms with Gasteiger partial charge in [0.15, 0.2) is 9.84 Å². The maximum Gasteiger partial charge on any atom is 0.151 e. The van der Waals surface area contributed by atoms with Crippen LogP contribution in [0.5, 0.6) is 5.75 Å². The lowest BCUT2D eigenvalue weighted by molar-refractivity contribution is 0.195. The first-order valence-corrected chi connectivity index (χ1v) is 11.7. The second kappa shape index (κ2) is 8.30. The largest absolute Gasteiger partial charge is 0.497 e. The van der Waals surface area contributed by atoms with E-state index in [-0.39, 0.29) is 17.5 Å². The van der Waals surface area contributed by atoms with E-state index in [1.54, 1.807) is 13.3 Å². The number of nitrogens with zero attached hydrogens (tertiary/aromatic N) is 2. The van der Waals surface area contributed by atoms with Gasteiger partial charge >= 0.3 is 0 Å². The van der Waals surface area contributed by atoms with Gasteiger partial charge in [-0.15, -0.1) is 0 Å². The van der Waals surface area contributed by atoms with Crippen LogP contribution in [0.15, 0.2) is 54.7 Å². The van der Waals surface area contributed by atoms with Crippen LogP contribution < -0.4 is 4.74 Å². The van der Waals surface area contributed by atoms with E-state index in [2.05, 4.69) is 9.88 Å². The molecule has 152 valence electrons. The fourth-order valence-electron chi connectivity index (χ4n) is 3.89. The Hall–Kier alpha value is -2.15. The van der Waals surface area contributed by atoms with Crippen molar-refractivity contribution in [1.29, 1.82) is 0 Å². The number of methoxy groups -OCH3 is 1. The Labute approximate surface area is 176 Å². The number of benzene rings is 2. The van der Waals surface area contributed by atoms with Crippen LogP contribution in [0, 0.1) is 0 Å². The molecule has 0 N–H and O–H groups in total. The van der Waals surface area contributed by atoms with E-state index < -0.39 is 9.84 Å². The van der Waals surface area contributed by atoms with Crippen LogP contribution >= 0.6 is 11.6 Å². The summed E-state index contributed by atoms with van der Waals surface area (Å²) < 4.78 is 29.5. The van der Waals surface area contributed by atoms with Crippen molar-refractivity contribution in [2.45, 2.75) is 25.6 Å². The van der Waals surface area contributed by atoms with Crippen molar-refractivity contribution in [2.24, 2.45) is 0 Å². The number of fused-ring (bicyclic) bond motifs is 1. The fraction of sp³-hybridized carbons (Fsp3) is 0.318. The van der Waals surface area contributed by atoms with E-state index in [0.717, 1.165) is 27.8 Å². The van der Waals surface area contributed by atoms with Gasteiger partial charge < -0.3 is 4.74 Å². The standard InChI is InChI=1S/C22H23ClN2O3S/c1-28-19-7-4-16(5-8-19)13-25(18-10-12-29(26,27)15-18)14-17-6-9-21(23)20-3-2-11-24-22(17)20/h2-9,11,18H,10,12-15H2,1H3. The lowest BCUT2D eigenvalue weighted by Gasteiger charge is -2.28. The molecule has 1 saturated heterocycles. The van der Waals surface area contributed by atoms with Gasteiger partial charge in [0.25, 0.3) is 0 Å². The average Bonchev–Trinajstić information content (AvgIpc) is 3.10. The molecule has 0 saturated carbocycles. The molecule has 0 radical (unpaired) electrons. The van der Waals surface area contributed by atoms with E-state index in [1.807, 2.05) is 48.5 Å². The van der Waals surface area contributed by atoms with Crippen LogP contribution in [0.25, 0.3) is 10.9 Å². The van der Waals surface area contributed by atoms with Crippen molar-refractivity contribution in [1.82, 2.24) is 9.88 Å². The Kier molecular flexibility index (Phi) is 5.76. The molecule has 5 nitrogen and oxygen atoms in total. The van der Waals surface area contributed by atoms with Gasteiger partial charge in [-0.05, 0) is 47.9 Å². The highest BCUT2D eigenvalue weighted by Crippen LogP contribution is 2.28. The Morgan fingerprint density at radius 1 is 1.14 bits per heavy atom. The van der Waals surface area contributed by atoms with Crippen molar-refractivity contribution >= 4 is 32.3 Å². The summed E-state index contributed by atoms with van der Waals surface area (Å²) >= 11 is 6.34. The van der Waals surface area contributed by atoms with Gasteiger partial charge in [0, 0.05) is 35.7 Å². The first-order chi connectivity index (χ1) is 13.9. The van der Waals surface area contributed by atoms with Gasteiger partial charge in [0.2, 0.25) is 0 Å². The van der Waals surface area contributed by atoms with Gasteiger partial charge in [0.1, 0.15) is 5.75 Å². The number of ether oxygens (including phenoxy) is 1. The van der Waals surface area contributed by atoms with Gasteiger partial charge in [-0.1, -0.05) is 29.8 Å². The predicted octanol–water partition coefficient (Wildman–Crippen LogP) is 4.09. The second-order valence-corrected chi connectivity index (χ2v) is 10.1. The minimum atomic E-state index is -2.98. The molecule has 2 aromatic carbocycles. The average molecular weight is 431 g/mol. The Balaban J connectivity index is 1.66. The molecule has 0 spiro atoms. The van der Waals surface area contributed by atoms with Crippen molar-refractivity contribution in [3.63, 3.8) is 0 Å². The summed E-state index contributed by atoms with van der Waals surface area (Å²) in [7, 11) is -1.34. The molecule has 1 atom stereocenters. The third kappa shape index (κ3) is 4.55. The van der Waals surface area contributed by atoms with Crippen LogP contribution in [0.2, 0.25) is 5.02 Å². The molecule has 29 heavy (non-hydrogen) atoms. The zero-order valence-electron chi connectivity index (χ0n) is 16.2. The smallest absolute Gasteiger partial charge is 0.151 e. The molecule has 3 aromatic rings. The topological polar surface area (TPSA) is 59.5 Å². The minimum absolute atomic E-state index is 0.0171. The van der Waals surface area contributed by atoms with Gasteiger partial charge in [-0.3, -0.25) is 9.88 Å². The highest BCUT2D eigenvalue weighted by molar-refractivity contribution is 7.91. The van der Waals surface area contributed by atoms with Crippen LogP contribution in [-0.2, 0) is 22.9 Å². The lowest BCUT2D eigenvalue weighted by atomic mass is 10.1. The van der Waals surface area contributed by atoms with Crippen molar-refractivity contribution in [2.75, 3.05) is 18.6 Å². The van der Waals surface area contributed by atoms with Gasteiger partial charge in [-0.2, -0.15) is 0 Å². The normalized spacial score (nSPS) is 18.4. The number of pyridine rings is 1. The summed E-state index contributed by atoms with van der Waals surface area (Å²) in [6, 6.07) is 15.6. The number of rotatable bonds is 6. The molecule has 0 aliphatic carbocycles. The molecule has 1 unspecified atom stereocenters.